The Bertz CT molecular complexity index is 286. The fourth-order valence-corrected chi connectivity index (χ4v) is 3.67. The zero-order valence-corrected chi connectivity index (χ0v) is 13.9. The highest BCUT2D eigenvalue weighted by Gasteiger charge is 2.26. The van der Waals surface area contributed by atoms with Crippen molar-refractivity contribution in [2.75, 3.05) is 20.1 Å². The van der Waals surface area contributed by atoms with Gasteiger partial charge in [0.25, 0.3) is 0 Å². The van der Waals surface area contributed by atoms with Crippen molar-refractivity contribution in [3.8, 4) is 0 Å². The van der Waals surface area contributed by atoms with Crippen LogP contribution in [-0.4, -0.2) is 37.0 Å². The summed E-state index contributed by atoms with van der Waals surface area (Å²) >= 11 is 0. The highest BCUT2D eigenvalue weighted by Crippen LogP contribution is 2.27. The van der Waals surface area contributed by atoms with Gasteiger partial charge in [-0.15, -0.1) is 12.4 Å². The summed E-state index contributed by atoms with van der Waals surface area (Å²) in [7, 11) is 2.02. The number of carbonyl (C=O) groups excluding carboxylic acids is 1. The number of nitrogens with one attached hydrogen (secondary N) is 1. The summed E-state index contributed by atoms with van der Waals surface area (Å²) < 4.78 is 0. The summed E-state index contributed by atoms with van der Waals surface area (Å²) in [6, 6.07) is 0.515. The Kier molecular flexibility index (Phi) is 7.90. The summed E-state index contributed by atoms with van der Waals surface area (Å²) in [5, 5.41) is 3.40. The summed E-state index contributed by atoms with van der Waals surface area (Å²) in [5.74, 6) is 1.66. The van der Waals surface area contributed by atoms with E-state index in [1.807, 2.05) is 7.05 Å². The zero-order valence-electron chi connectivity index (χ0n) is 13.1. The van der Waals surface area contributed by atoms with E-state index in [0.29, 0.717) is 17.9 Å². The first kappa shape index (κ1) is 17.8. The normalized spacial score (nSPS) is 22.9. The highest BCUT2D eigenvalue weighted by atomic mass is 35.5. The van der Waals surface area contributed by atoms with E-state index in [9.17, 15) is 4.79 Å². The fourth-order valence-electron chi connectivity index (χ4n) is 3.67. The molecule has 1 heterocycles. The first-order valence-corrected chi connectivity index (χ1v) is 8.15. The summed E-state index contributed by atoms with van der Waals surface area (Å²) in [6.07, 6.45) is 9.59. The van der Waals surface area contributed by atoms with Crippen LogP contribution in [0.5, 0.6) is 0 Å². The van der Waals surface area contributed by atoms with Crippen LogP contribution in [0.15, 0.2) is 0 Å². The number of hydrogen-bond donors (Lipinski definition) is 1. The maximum atomic E-state index is 12.4. The summed E-state index contributed by atoms with van der Waals surface area (Å²) in [5.41, 5.74) is 0. The minimum atomic E-state index is 0. The second kappa shape index (κ2) is 8.89. The van der Waals surface area contributed by atoms with Crippen LogP contribution in [0.1, 0.15) is 58.3 Å². The van der Waals surface area contributed by atoms with Gasteiger partial charge in [-0.05, 0) is 50.6 Å². The standard InChI is InChI=1S/C16H30N2O.ClH/c1-13(14-8-10-17-11-9-14)12-16(19)18(2)15-6-4-3-5-7-15;/h13-15,17H,3-12H2,1-2H3;1H. The molecule has 1 saturated heterocycles. The number of carbonyl (C=O) groups is 1. The number of hydrogen-bond acceptors (Lipinski definition) is 2. The molecular formula is C16H31ClN2O. The smallest absolute Gasteiger partial charge is 0.222 e. The SMILES string of the molecule is CC(CC(=O)N(C)C1CCCCC1)C1CCNCC1.Cl. The molecule has 2 aliphatic rings. The molecule has 1 aliphatic heterocycles. The minimum Gasteiger partial charge on any atom is -0.343 e. The molecule has 1 unspecified atom stereocenters. The van der Waals surface area contributed by atoms with Crippen LogP contribution in [0.3, 0.4) is 0 Å². The maximum Gasteiger partial charge on any atom is 0.222 e. The summed E-state index contributed by atoms with van der Waals surface area (Å²) in [4.78, 5) is 14.5. The van der Waals surface area contributed by atoms with Gasteiger partial charge in [0, 0.05) is 19.5 Å². The van der Waals surface area contributed by atoms with E-state index >= 15 is 0 Å². The second-order valence-corrected chi connectivity index (χ2v) is 6.57. The van der Waals surface area contributed by atoms with Crippen molar-refractivity contribution >= 4 is 18.3 Å². The zero-order chi connectivity index (χ0) is 13.7. The van der Waals surface area contributed by atoms with Crippen molar-refractivity contribution in [3.05, 3.63) is 0 Å². The topological polar surface area (TPSA) is 32.3 Å². The van der Waals surface area contributed by atoms with E-state index in [-0.39, 0.29) is 12.4 Å². The third kappa shape index (κ3) is 4.92. The van der Waals surface area contributed by atoms with Gasteiger partial charge < -0.3 is 10.2 Å². The molecule has 0 spiro atoms. The number of amides is 1. The molecule has 20 heavy (non-hydrogen) atoms. The molecular weight excluding hydrogens is 272 g/mol. The van der Waals surface area contributed by atoms with E-state index in [0.717, 1.165) is 25.4 Å². The van der Waals surface area contributed by atoms with Crippen LogP contribution in [-0.2, 0) is 4.79 Å². The minimum absolute atomic E-state index is 0. The molecule has 0 radical (unpaired) electrons. The Balaban J connectivity index is 0.00000200. The van der Waals surface area contributed by atoms with Crippen LogP contribution in [0.2, 0.25) is 0 Å². The molecule has 1 N–H and O–H groups in total. The van der Waals surface area contributed by atoms with Crippen molar-refractivity contribution in [2.24, 2.45) is 11.8 Å². The second-order valence-electron chi connectivity index (χ2n) is 6.57. The van der Waals surface area contributed by atoms with Gasteiger partial charge >= 0.3 is 0 Å². The van der Waals surface area contributed by atoms with E-state index < -0.39 is 0 Å². The molecule has 1 saturated carbocycles. The lowest BCUT2D eigenvalue weighted by Crippen LogP contribution is -2.40. The van der Waals surface area contributed by atoms with Gasteiger partial charge in [-0.1, -0.05) is 26.2 Å². The molecule has 0 aromatic carbocycles. The van der Waals surface area contributed by atoms with Crippen LogP contribution < -0.4 is 5.32 Å². The highest BCUT2D eigenvalue weighted by molar-refractivity contribution is 5.85. The van der Waals surface area contributed by atoms with Gasteiger partial charge in [-0.3, -0.25) is 4.79 Å². The Hall–Kier alpha value is -0.280. The van der Waals surface area contributed by atoms with Gasteiger partial charge in [-0.2, -0.15) is 0 Å². The number of nitrogens with zero attached hydrogens (tertiary/aromatic N) is 1. The quantitative estimate of drug-likeness (QED) is 0.865. The lowest BCUT2D eigenvalue weighted by Gasteiger charge is -2.33. The molecule has 1 amide bonds. The van der Waals surface area contributed by atoms with Gasteiger partial charge in [0.1, 0.15) is 0 Å². The largest absolute Gasteiger partial charge is 0.343 e. The third-order valence-electron chi connectivity index (χ3n) is 5.20. The fraction of sp³-hybridized carbons (Fsp3) is 0.938. The van der Waals surface area contributed by atoms with Crippen LogP contribution in [0.25, 0.3) is 0 Å². The van der Waals surface area contributed by atoms with E-state index in [2.05, 4.69) is 17.1 Å². The Morgan fingerprint density at radius 1 is 1.15 bits per heavy atom. The van der Waals surface area contributed by atoms with Crippen molar-refractivity contribution in [1.82, 2.24) is 10.2 Å². The molecule has 0 aromatic rings. The molecule has 3 nitrogen and oxygen atoms in total. The molecule has 1 aliphatic carbocycles. The average Bonchev–Trinajstić information content (AvgIpc) is 2.48. The molecule has 118 valence electrons. The number of piperidine rings is 1. The van der Waals surface area contributed by atoms with Gasteiger partial charge in [0.2, 0.25) is 5.91 Å². The lowest BCUT2D eigenvalue weighted by atomic mass is 9.83. The average molecular weight is 303 g/mol. The van der Waals surface area contributed by atoms with E-state index in [4.69, 9.17) is 0 Å². The van der Waals surface area contributed by atoms with Gasteiger partial charge in [0.05, 0.1) is 0 Å². The maximum absolute atomic E-state index is 12.4. The van der Waals surface area contributed by atoms with E-state index in [1.165, 1.54) is 44.9 Å². The number of halogens is 1. The molecule has 2 rings (SSSR count). The molecule has 0 aromatic heterocycles. The van der Waals surface area contributed by atoms with Crippen LogP contribution in [0.4, 0.5) is 0 Å². The summed E-state index contributed by atoms with van der Waals surface area (Å²) in [6.45, 7) is 4.52. The predicted octanol–water partition coefficient (Wildman–Crippen LogP) is 3.23. The monoisotopic (exact) mass is 302 g/mol. The molecule has 4 heteroatoms. The Labute approximate surface area is 130 Å². The van der Waals surface area contributed by atoms with Gasteiger partial charge in [-0.25, -0.2) is 0 Å². The van der Waals surface area contributed by atoms with Crippen LogP contribution >= 0.6 is 12.4 Å². The Morgan fingerprint density at radius 2 is 1.75 bits per heavy atom. The van der Waals surface area contributed by atoms with Crippen molar-refractivity contribution in [3.63, 3.8) is 0 Å². The van der Waals surface area contributed by atoms with Crippen molar-refractivity contribution in [1.29, 1.82) is 0 Å². The van der Waals surface area contributed by atoms with Gasteiger partial charge in [0.15, 0.2) is 0 Å². The third-order valence-corrected chi connectivity index (χ3v) is 5.20. The van der Waals surface area contributed by atoms with Crippen molar-refractivity contribution in [2.45, 2.75) is 64.3 Å². The molecule has 2 fully saturated rings. The lowest BCUT2D eigenvalue weighted by molar-refractivity contribution is -0.133. The predicted molar refractivity (Wildman–Crippen MR) is 86.3 cm³/mol. The van der Waals surface area contributed by atoms with Crippen LogP contribution in [0, 0.1) is 11.8 Å². The first-order valence-electron chi connectivity index (χ1n) is 8.15. The van der Waals surface area contributed by atoms with Crippen molar-refractivity contribution < 1.29 is 4.79 Å². The van der Waals surface area contributed by atoms with E-state index in [1.54, 1.807) is 0 Å². The first-order chi connectivity index (χ1) is 9.18. The Morgan fingerprint density at radius 3 is 2.35 bits per heavy atom. The molecule has 0 bridgehead atoms. The molecule has 1 atom stereocenters. The number of rotatable bonds is 4.